The molecule has 1 heterocycles. The van der Waals surface area contributed by atoms with E-state index < -0.39 is 0 Å². The number of hydrogen-bond donors (Lipinski definition) is 1. The first-order valence-corrected chi connectivity index (χ1v) is 11.4. The molecule has 0 saturated heterocycles. The smallest absolute Gasteiger partial charge is 0.256 e. The number of hydrogen-bond acceptors (Lipinski definition) is 2. The van der Waals surface area contributed by atoms with Crippen LogP contribution in [0.2, 0.25) is 10.0 Å². The van der Waals surface area contributed by atoms with Crippen LogP contribution in [0.5, 0.6) is 0 Å². The van der Waals surface area contributed by atoms with Crippen LogP contribution in [-0.4, -0.2) is 10.9 Å². The van der Waals surface area contributed by atoms with Crippen LogP contribution < -0.4 is 5.32 Å². The topological polar surface area (TPSA) is 42.0 Å². The number of nitrogens with zero attached hydrogens (tertiary/aromatic N) is 1. The number of amides is 1. The number of halogens is 2. The third-order valence-electron chi connectivity index (χ3n) is 5.90. The maximum atomic E-state index is 13.5. The summed E-state index contributed by atoms with van der Waals surface area (Å²) in [4.78, 5) is 18.3. The van der Waals surface area contributed by atoms with Crippen molar-refractivity contribution in [2.24, 2.45) is 0 Å². The lowest BCUT2D eigenvalue weighted by molar-refractivity contribution is 0.102. The van der Waals surface area contributed by atoms with Crippen LogP contribution in [0.3, 0.4) is 0 Å². The molecule has 0 fully saturated rings. The Hall–Kier alpha value is -2.88. The lowest BCUT2D eigenvalue weighted by atomic mass is 9.96. The standard InChI is InChI=1S/C27H24Cl2N2O/c1-4-16(2)18-9-12-20(13-10-18)30-27(32)25-17(3)26(21-14-11-19(28)15-23(21)29)31-24-8-6-5-7-22(24)25/h5-16H,4H2,1-3H3,(H,30,32). The second-order valence-electron chi connectivity index (χ2n) is 7.99. The fourth-order valence-electron chi connectivity index (χ4n) is 3.87. The fraction of sp³-hybridized carbons (Fsp3) is 0.185. The van der Waals surface area contributed by atoms with Gasteiger partial charge in [0.1, 0.15) is 0 Å². The average Bonchev–Trinajstić information content (AvgIpc) is 2.79. The molecule has 3 nitrogen and oxygen atoms in total. The van der Waals surface area contributed by atoms with Crippen molar-refractivity contribution in [3.8, 4) is 11.3 Å². The van der Waals surface area contributed by atoms with E-state index in [1.54, 1.807) is 12.1 Å². The number of nitrogens with one attached hydrogen (secondary N) is 1. The Labute approximate surface area is 198 Å². The number of rotatable bonds is 5. The van der Waals surface area contributed by atoms with E-state index >= 15 is 0 Å². The van der Waals surface area contributed by atoms with Gasteiger partial charge < -0.3 is 5.32 Å². The summed E-state index contributed by atoms with van der Waals surface area (Å²) < 4.78 is 0. The first kappa shape index (κ1) is 22.3. The van der Waals surface area contributed by atoms with Crippen LogP contribution in [0.4, 0.5) is 5.69 Å². The van der Waals surface area contributed by atoms with Crippen LogP contribution >= 0.6 is 23.2 Å². The largest absolute Gasteiger partial charge is 0.322 e. The Morgan fingerprint density at radius 2 is 1.75 bits per heavy atom. The number of carbonyl (C=O) groups excluding carboxylic acids is 1. The van der Waals surface area contributed by atoms with Gasteiger partial charge in [-0.15, -0.1) is 0 Å². The molecule has 0 aliphatic carbocycles. The molecule has 0 saturated carbocycles. The predicted octanol–water partition coefficient (Wildman–Crippen LogP) is 8.28. The zero-order valence-corrected chi connectivity index (χ0v) is 19.8. The summed E-state index contributed by atoms with van der Waals surface area (Å²) in [6.07, 6.45) is 1.07. The van der Waals surface area contributed by atoms with E-state index in [4.69, 9.17) is 28.2 Å². The number of pyridine rings is 1. The second kappa shape index (κ2) is 9.32. The summed E-state index contributed by atoms with van der Waals surface area (Å²) in [5, 5.41) is 4.90. The molecule has 1 aromatic heterocycles. The minimum absolute atomic E-state index is 0.177. The molecule has 162 valence electrons. The molecule has 3 aromatic carbocycles. The summed E-state index contributed by atoms with van der Waals surface area (Å²) in [7, 11) is 0. The van der Waals surface area contributed by atoms with Crippen LogP contribution in [0.1, 0.15) is 47.7 Å². The molecule has 0 radical (unpaired) electrons. The first-order chi connectivity index (χ1) is 15.4. The van der Waals surface area contributed by atoms with Gasteiger partial charge in [-0.25, -0.2) is 4.98 Å². The second-order valence-corrected chi connectivity index (χ2v) is 8.83. The van der Waals surface area contributed by atoms with E-state index in [1.165, 1.54) is 5.56 Å². The van der Waals surface area contributed by atoms with E-state index in [2.05, 4.69) is 31.3 Å². The minimum atomic E-state index is -0.177. The highest BCUT2D eigenvalue weighted by molar-refractivity contribution is 6.36. The molecule has 1 unspecified atom stereocenters. The predicted molar refractivity (Wildman–Crippen MR) is 135 cm³/mol. The molecule has 4 aromatic rings. The molecule has 0 spiro atoms. The van der Waals surface area contributed by atoms with Crippen molar-refractivity contribution in [2.45, 2.75) is 33.1 Å². The molecule has 1 N–H and O–H groups in total. The van der Waals surface area contributed by atoms with Crippen LogP contribution in [0, 0.1) is 6.92 Å². The maximum absolute atomic E-state index is 13.5. The number of anilines is 1. The molecule has 0 aliphatic heterocycles. The van der Waals surface area contributed by atoms with E-state index in [0.29, 0.717) is 27.2 Å². The molecule has 0 aliphatic rings. The molecule has 4 rings (SSSR count). The van der Waals surface area contributed by atoms with E-state index in [-0.39, 0.29) is 5.91 Å². The number of carbonyl (C=O) groups is 1. The third kappa shape index (κ3) is 4.36. The molecular formula is C27H24Cl2N2O. The van der Waals surface area contributed by atoms with Crippen molar-refractivity contribution in [3.63, 3.8) is 0 Å². The normalized spacial score (nSPS) is 12.0. The Balaban J connectivity index is 1.79. The van der Waals surface area contributed by atoms with E-state index in [0.717, 1.165) is 34.1 Å². The molecule has 32 heavy (non-hydrogen) atoms. The van der Waals surface area contributed by atoms with Gasteiger partial charge in [-0.05, 0) is 66.8 Å². The molecule has 5 heteroatoms. The zero-order valence-electron chi connectivity index (χ0n) is 18.2. The lowest BCUT2D eigenvalue weighted by Crippen LogP contribution is -2.15. The SMILES string of the molecule is CCC(C)c1ccc(NC(=O)c2c(C)c(-c3ccc(Cl)cc3Cl)nc3ccccc23)cc1. The summed E-state index contributed by atoms with van der Waals surface area (Å²) in [6, 6.07) is 21.0. The Bertz CT molecular complexity index is 1300. The van der Waals surface area contributed by atoms with Gasteiger partial charge in [0.05, 0.1) is 21.8 Å². The highest BCUT2D eigenvalue weighted by Crippen LogP contribution is 2.35. The van der Waals surface area contributed by atoms with Gasteiger partial charge in [0.25, 0.3) is 5.91 Å². The highest BCUT2D eigenvalue weighted by Gasteiger charge is 2.20. The number of para-hydroxylation sites is 1. The molecule has 1 amide bonds. The third-order valence-corrected chi connectivity index (χ3v) is 6.45. The van der Waals surface area contributed by atoms with Gasteiger partial charge in [-0.1, -0.05) is 67.4 Å². The fourth-order valence-corrected chi connectivity index (χ4v) is 4.37. The van der Waals surface area contributed by atoms with Gasteiger partial charge in [0, 0.05) is 21.7 Å². The molecule has 1 atom stereocenters. The Morgan fingerprint density at radius 1 is 1.03 bits per heavy atom. The molecule has 0 bridgehead atoms. The van der Waals surface area contributed by atoms with Gasteiger partial charge in [-0.3, -0.25) is 4.79 Å². The summed E-state index contributed by atoms with van der Waals surface area (Å²) in [5.74, 6) is 0.307. The summed E-state index contributed by atoms with van der Waals surface area (Å²) in [5.41, 5.74) is 5.51. The van der Waals surface area contributed by atoms with Gasteiger partial charge in [0.15, 0.2) is 0 Å². The molecular weight excluding hydrogens is 439 g/mol. The first-order valence-electron chi connectivity index (χ1n) is 10.6. The van der Waals surface area contributed by atoms with E-state index in [1.807, 2.05) is 49.4 Å². The van der Waals surface area contributed by atoms with Crippen molar-refractivity contribution in [3.05, 3.63) is 93.5 Å². The van der Waals surface area contributed by atoms with Crippen LogP contribution in [0.25, 0.3) is 22.2 Å². The van der Waals surface area contributed by atoms with Crippen molar-refractivity contribution in [1.82, 2.24) is 4.98 Å². The van der Waals surface area contributed by atoms with Crippen molar-refractivity contribution in [1.29, 1.82) is 0 Å². The van der Waals surface area contributed by atoms with E-state index in [9.17, 15) is 4.79 Å². The summed E-state index contributed by atoms with van der Waals surface area (Å²) >= 11 is 12.6. The Morgan fingerprint density at radius 3 is 2.44 bits per heavy atom. The minimum Gasteiger partial charge on any atom is -0.322 e. The van der Waals surface area contributed by atoms with Crippen molar-refractivity contribution < 1.29 is 4.79 Å². The van der Waals surface area contributed by atoms with Gasteiger partial charge in [0.2, 0.25) is 0 Å². The maximum Gasteiger partial charge on any atom is 0.256 e. The highest BCUT2D eigenvalue weighted by atomic mass is 35.5. The zero-order chi connectivity index (χ0) is 22.8. The van der Waals surface area contributed by atoms with Gasteiger partial charge >= 0.3 is 0 Å². The monoisotopic (exact) mass is 462 g/mol. The van der Waals surface area contributed by atoms with Crippen LogP contribution in [-0.2, 0) is 0 Å². The number of fused-ring (bicyclic) bond motifs is 1. The summed E-state index contributed by atoms with van der Waals surface area (Å²) in [6.45, 7) is 6.27. The van der Waals surface area contributed by atoms with Gasteiger partial charge in [-0.2, -0.15) is 0 Å². The van der Waals surface area contributed by atoms with Crippen molar-refractivity contribution in [2.75, 3.05) is 5.32 Å². The lowest BCUT2D eigenvalue weighted by Gasteiger charge is -2.16. The number of aromatic nitrogens is 1. The Kier molecular flexibility index (Phi) is 6.50. The van der Waals surface area contributed by atoms with Crippen molar-refractivity contribution >= 4 is 45.7 Å². The number of benzene rings is 3. The van der Waals surface area contributed by atoms with Crippen LogP contribution in [0.15, 0.2) is 66.7 Å². The quantitative estimate of drug-likeness (QED) is 0.324. The average molecular weight is 463 g/mol.